The Morgan fingerprint density at radius 1 is 0.727 bits per heavy atom. The molecule has 3 amide bonds. The van der Waals surface area contributed by atoms with Crippen molar-refractivity contribution in [1.82, 2.24) is 16.0 Å². The van der Waals surface area contributed by atoms with Crippen LogP contribution in [0.1, 0.15) is 52.1 Å². The van der Waals surface area contributed by atoms with Crippen LogP contribution < -0.4 is 21.3 Å². The average Bonchev–Trinajstić information content (AvgIpc) is 3.23. The maximum atomic E-state index is 14.2. The van der Waals surface area contributed by atoms with Gasteiger partial charge in [-0.25, -0.2) is 9.59 Å². The number of aryl methyl sites for hydroxylation is 2. The lowest BCUT2D eigenvalue weighted by atomic mass is 9.81. The molecular weight excluding hydrogens is 689 g/mol. The number of hydrogen-bond acceptors (Lipinski definition) is 6. The number of Topliss-reactive ketones (excluding diaryl/α,β-unsaturated/α-hetero) is 1. The first kappa shape index (κ1) is 38.9. The summed E-state index contributed by atoms with van der Waals surface area (Å²) in [6, 6.07) is 44.5. The fourth-order valence-corrected chi connectivity index (χ4v) is 7.20. The van der Waals surface area contributed by atoms with E-state index < -0.39 is 18.1 Å². The van der Waals surface area contributed by atoms with Gasteiger partial charge in [0.15, 0.2) is 5.78 Å². The van der Waals surface area contributed by atoms with Gasteiger partial charge < -0.3 is 30.7 Å². The van der Waals surface area contributed by atoms with Gasteiger partial charge in [0.05, 0.1) is 19.8 Å². The van der Waals surface area contributed by atoms with E-state index in [1.165, 1.54) is 7.11 Å². The van der Waals surface area contributed by atoms with Crippen LogP contribution in [0.2, 0.25) is 0 Å². The minimum absolute atomic E-state index is 0.0385. The summed E-state index contributed by atoms with van der Waals surface area (Å²) >= 11 is 0. The third-order valence-electron chi connectivity index (χ3n) is 10.2. The number of alkyl carbamates (subject to hydrolysis) is 1. The third kappa shape index (κ3) is 11.4. The summed E-state index contributed by atoms with van der Waals surface area (Å²) in [6.07, 6.45) is 2.78. The number of carbonyl (C=O) groups excluding carboxylic acids is 3. The zero-order valence-electron chi connectivity index (χ0n) is 31.3. The maximum absolute atomic E-state index is 14.2. The first-order chi connectivity index (χ1) is 27.0. The number of nitrogens with one attached hydrogen (secondary N) is 4. The number of benzene rings is 5. The Bertz CT molecular complexity index is 1930. The number of methoxy groups -OCH3 is 1. The van der Waals surface area contributed by atoms with Crippen LogP contribution in [-0.2, 0) is 40.1 Å². The molecule has 0 radical (unpaired) electrons. The minimum atomic E-state index is -0.840. The van der Waals surface area contributed by atoms with E-state index >= 15 is 0 Å². The first-order valence-electron chi connectivity index (χ1n) is 19.0. The molecule has 1 saturated heterocycles. The van der Waals surface area contributed by atoms with Crippen molar-refractivity contribution in [3.63, 3.8) is 0 Å². The predicted octanol–water partition coefficient (Wildman–Crippen LogP) is 7.60. The van der Waals surface area contributed by atoms with Gasteiger partial charge in [-0.15, -0.1) is 0 Å². The van der Waals surface area contributed by atoms with Crippen LogP contribution in [0, 0.1) is 0 Å². The summed E-state index contributed by atoms with van der Waals surface area (Å²) in [4.78, 5) is 39.5. The zero-order valence-corrected chi connectivity index (χ0v) is 31.3. The van der Waals surface area contributed by atoms with E-state index in [2.05, 4.69) is 33.4 Å². The molecule has 3 atom stereocenters. The lowest BCUT2D eigenvalue weighted by molar-refractivity contribution is -0.120. The van der Waals surface area contributed by atoms with Crippen LogP contribution in [0.3, 0.4) is 0 Å². The number of rotatable bonds is 16. The van der Waals surface area contributed by atoms with E-state index in [9.17, 15) is 14.4 Å². The fourth-order valence-electron chi connectivity index (χ4n) is 7.20. The number of urea groups is 1. The Kier molecular flexibility index (Phi) is 14.2. The molecule has 9 nitrogen and oxygen atoms in total. The molecule has 1 aliphatic rings. The lowest BCUT2D eigenvalue weighted by Gasteiger charge is -2.31. The molecule has 1 heterocycles. The molecule has 0 saturated carbocycles. The molecule has 5 aromatic rings. The normalized spacial score (nSPS) is 15.8. The van der Waals surface area contributed by atoms with Crippen molar-refractivity contribution in [2.24, 2.45) is 0 Å². The van der Waals surface area contributed by atoms with Gasteiger partial charge in [-0.05, 0) is 65.1 Å². The number of para-hydroxylation sites is 1. The smallest absolute Gasteiger partial charge is 0.407 e. The van der Waals surface area contributed by atoms with E-state index in [0.717, 1.165) is 71.3 Å². The molecule has 1 fully saturated rings. The van der Waals surface area contributed by atoms with E-state index in [-0.39, 0.29) is 30.4 Å². The molecule has 4 N–H and O–H groups in total. The van der Waals surface area contributed by atoms with Crippen molar-refractivity contribution >= 4 is 23.6 Å². The molecule has 0 spiro atoms. The highest BCUT2D eigenvalue weighted by Crippen LogP contribution is 2.30. The number of ether oxygens (including phenoxy) is 2. The number of hydrogen-bond donors (Lipinski definition) is 4. The first-order valence-corrected chi connectivity index (χ1v) is 19.0. The van der Waals surface area contributed by atoms with Crippen LogP contribution in [0.4, 0.5) is 15.3 Å². The Morgan fingerprint density at radius 3 is 1.95 bits per heavy atom. The van der Waals surface area contributed by atoms with Crippen LogP contribution in [0.15, 0.2) is 140 Å². The fraction of sp³-hybridized carbons (Fsp3) is 0.283. The summed E-state index contributed by atoms with van der Waals surface area (Å²) in [5, 5.41) is 12.5. The van der Waals surface area contributed by atoms with Gasteiger partial charge in [0.2, 0.25) is 0 Å². The highest BCUT2D eigenvalue weighted by atomic mass is 16.5. The van der Waals surface area contributed by atoms with Gasteiger partial charge in [-0.2, -0.15) is 0 Å². The van der Waals surface area contributed by atoms with Gasteiger partial charge in [0.25, 0.3) is 0 Å². The van der Waals surface area contributed by atoms with Gasteiger partial charge in [-0.3, -0.25) is 4.79 Å². The van der Waals surface area contributed by atoms with Crippen molar-refractivity contribution < 1.29 is 23.9 Å². The monoisotopic (exact) mass is 738 g/mol. The summed E-state index contributed by atoms with van der Waals surface area (Å²) in [5.74, 6) is -0.497. The minimum Gasteiger partial charge on any atom is -0.453 e. The molecule has 1 aliphatic heterocycles. The molecule has 0 aliphatic carbocycles. The van der Waals surface area contributed by atoms with E-state index in [4.69, 9.17) is 9.47 Å². The van der Waals surface area contributed by atoms with E-state index in [0.29, 0.717) is 13.2 Å². The van der Waals surface area contributed by atoms with Crippen molar-refractivity contribution in [1.29, 1.82) is 0 Å². The number of ketones is 1. The van der Waals surface area contributed by atoms with Crippen LogP contribution in [-0.4, -0.2) is 56.4 Å². The number of anilines is 1. The van der Waals surface area contributed by atoms with E-state index in [1.807, 2.05) is 127 Å². The second-order valence-corrected chi connectivity index (χ2v) is 13.9. The highest BCUT2D eigenvalue weighted by Gasteiger charge is 2.33. The van der Waals surface area contributed by atoms with Crippen LogP contribution in [0.25, 0.3) is 0 Å². The molecule has 0 bridgehead atoms. The zero-order chi connectivity index (χ0) is 38.2. The molecule has 55 heavy (non-hydrogen) atoms. The second kappa shape index (κ2) is 20.1. The summed E-state index contributed by atoms with van der Waals surface area (Å²) in [6.45, 7) is 1.79. The molecule has 6 rings (SSSR count). The Morgan fingerprint density at radius 2 is 1.31 bits per heavy atom. The Hall–Kier alpha value is -5.77. The summed E-state index contributed by atoms with van der Waals surface area (Å²) in [5.41, 5.74) is 6.82. The summed E-state index contributed by atoms with van der Waals surface area (Å²) < 4.78 is 11.3. The highest BCUT2D eigenvalue weighted by molar-refractivity contribution is 5.91. The molecular formula is C46H50N4O5. The molecule has 284 valence electrons. The molecule has 0 unspecified atom stereocenters. The molecule has 5 aromatic carbocycles. The maximum Gasteiger partial charge on any atom is 0.407 e. The van der Waals surface area contributed by atoms with Gasteiger partial charge >= 0.3 is 12.1 Å². The third-order valence-corrected chi connectivity index (χ3v) is 10.2. The predicted molar refractivity (Wildman–Crippen MR) is 216 cm³/mol. The van der Waals surface area contributed by atoms with Crippen LogP contribution >= 0.6 is 0 Å². The summed E-state index contributed by atoms with van der Waals surface area (Å²) in [7, 11) is 1.31. The van der Waals surface area contributed by atoms with Crippen LogP contribution in [0.5, 0.6) is 0 Å². The van der Waals surface area contributed by atoms with Crippen molar-refractivity contribution in [3.8, 4) is 0 Å². The second-order valence-electron chi connectivity index (χ2n) is 13.9. The van der Waals surface area contributed by atoms with Gasteiger partial charge in [0, 0.05) is 37.2 Å². The quantitative estimate of drug-likeness (QED) is 0.0829. The average molecular weight is 739 g/mol. The van der Waals surface area contributed by atoms with E-state index in [1.54, 1.807) is 0 Å². The number of carbonyl (C=O) groups is 3. The van der Waals surface area contributed by atoms with Crippen molar-refractivity contribution in [2.75, 3.05) is 25.6 Å². The number of morpholine rings is 1. The van der Waals surface area contributed by atoms with Crippen molar-refractivity contribution in [3.05, 3.63) is 173 Å². The van der Waals surface area contributed by atoms with Gasteiger partial charge in [-0.1, -0.05) is 133 Å². The molecule has 0 aromatic heterocycles. The number of amides is 3. The Labute approximate surface area is 323 Å². The Balaban J connectivity index is 1.02. The van der Waals surface area contributed by atoms with Gasteiger partial charge in [0.1, 0.15) is 6.04 Å². The lowest BCUT2D eigenvalue weighted by Crippen LogP contribution is -2.46. The SMILES string of the molecule is COC(=O)N[C@H](C(=O)Cc1ccccc1CC[C@@H]1CN[C@H](CCc2ccccc2NC(=O)NCc2ccccc2)CO1)C(c1ccccc1)c1ccccc1. The molecule has 9 heteroatoms. The standard InChI is InChI=1S/C46H50N4O5/c1-54-46(53)50-44(43(36-19-7-3-8-20-36)37-21-9-4-10-22-37)42(51)29-38-23-12-11-17-34(38)26-28-40-31-47-39(32-55-40)27-25-35-18-13-14-24-41(35)49-45(52)48-30-33-15-5-2-6-16-33/h2-24,39-40,43-44,47H,25-32H2,1H3,(H,50,53)(H2,48,49,52)/t39-,40-,44-/m1/s1. The largest absolute Gasteiger partial charge is 0.453 e. The van der Waals surface area contributed by atoms with Crippen molar-refractivity contribution in [2.45, 2.75) is 62.8 Å². The topological polar surface area (TPSA) is 118 Å².